The van der Waals surface area contributed by atoms with Crippen LogP contribution in [-0.2, 0) is 9.59 Å². The summed E-state index contributed by atoms with van der Waals surface area (Å²) in [7, 11) is 0. The Hall–Kier alpha value is -3.72. The van der Waals surface area contributed by atoms with E-state index < -0.39 is 17.7 Å². The standard InChI is InChI=1S/C30H38N2O7/c1-5-31(6-2)14-9-15-32-27(20-10-12-22(36-7-3)24(18-20)37-8-4)26(29(34)30(32)35)28(33)21-11-13-23-25(19-21)39-17-16-38-23/h10-13,18-19,27,33H,5-9,14-17H2,1-4H3. The molecule has 2 aliphatic rings. The Labute approximate surface area is 229 Å². The molecule has 1 fully saturated rings. The third-order valence-electron chi connectivity index (χ3n) is 7.01. The molecule has 0 aromatic heterocycles. The van der Waals surface area contributed by atoms with Gasteiger partial charge in [0.2, 0.25) is 0 Å². The second kappa shape index (κ2) is 12.9. The van der Waals surface area contributed by atoms with Crippen molar-refractivity contribution < 1.29 is 33.6 Å². The van der Waals surface area contributed by atoms with Gasteiger partial charge in [-0.3, -0.25) is 9.59 Å². The van der Waals surface area contributed by atoms with Crippen molar-refractivity contribution in [1.29, 1.82) is 0 Å². The molecule has 1 saturated heterocycles. The number of fused-ring (bicyclic) bond motifs is 1. The van der Waals surface area contributed by atoms with E-state index in [-0.39, 0.29) is 11.3 Å². The summed E-state index contributed by atoms with van der Waals surface area (Å²) < 4.78 is 22.8. The fourth-order valence-corrected chi connectivity index (χ4v) is 5.05. The molecule has 0 aliphatic carbocycles. The number of ether oxygens (including phenoxy) is 4. The summed E-state index contributed by atoms with van der Waals surface area (Å²) in [6.07, 6.45) is 0.685. The highest BCUT2D eigenvalue weighted by Gasteiger charge is 2.46. The molecule has 210 valence electrons. The van der Waals surface area contributed by atoms with Crippen molar-refractivity contribution in [3.8, 4) is 23.0 Å². The van der Waals surface area contributed by atoms with Crippen molar-refractivity contribution in [2.45, 2.75) is 40.2 Å². The summed E-state index contributed by atoms with van der Waals surface area (Å²) in [5, 5.41) is 11.5. The lowest BCUT2D eigenvalue weighted by molar-refractivity contribution is -0.140. The summed E-state index contributed by atoms with van der Waals surface area (Å²) >= 11 is 0. The predicted octanol–water partition coefficient (Wildman–Crippen LogP) is 4.41. The number of ketones is 1. The Morgan fingerprint density at radius 3 is 2.33 bits per heavy atom. The number of amides is 1. The maximum Gasteiger partial charge on any atom is 0.295 e. The molecule has 4 rings (SSSR count). The van der Waals surface area contributed by atoms with E-state index in [4.69, 9.17) is 18.9 Å². The smallest absolute Gasteiger partial charge is 0.295 e. The van der Waals surface area contributed by atoms with Crippen LogP contribution >= 0.6 is 0 Å². The molecule has 1 amide bonds. The zero-order valence-electron chi connectivity index (χ0n) is 23.2. The van der Waals surface area contributed by atoms with Crippen molar-refractivity contribution in [2.75, 3.05) is 52.6 Å². The summed E-state index contributed by atoms with van der Waals surface area (Å²) in [5.74, 6) is 0.536. The molecule has 9 nitrogen and oxygen atoms in total. The third kappa shape index (κ3) is 5.98. The normalized spacial score (nSPS) is 18.1. The van der Waals surface area contributed by atoms with Gasteiger partial charge in [-0.2, -0.15) is 0 Å². The fourth-order valence-electron chi connectivity index (χ4n) is 5.05. The predicted molar refractivity (Wildman–Crippen MR) is 148 cm³/mol. The van der Waals surface area contributed by atoms with E-state index in [2.05, 4.69) is 18.7 Å². The van der Waals surface area contributed by atoms with Crippen LogP contribution in [0.2, 0.25) is 0 Å². The van der Waals surface area contributed by atoms with Gasteiger partial charge in [0.15, 0.2) is 23.0 Å². The number of likely N-dealkylation sites (tertiary alicyclic amines) is 1. The van der Waals surface area contributed by atoms with Crippen LogP contribution in [0, 0.1) is 0 Å². The number of aliphatic hydroxyl groups excluding tert-OH is 1. The second-order valence-corrected chi connectivity index (χ2v) is 9.30. The van der Waals surface area contributed by atoms with Crippen LogP contribution in [-0.4, -0.2) is 79.2 Å². The van der Waals surface area contributed by atoms with Gasteiger partial charge in [-0.05, 0) is 75.8 Å². The maximum atomic E-state index is 13.5. The van der Waals surface area contributed by atoms with E-state index in [0.29, 0.717) is 73.5 Å². The summed E-state index contributed by atoms with van der Waals surface area (Å²) in [4.78, 5) is 30.7. The Bertz CT molecular complexity index is 1220. The SMILES string of the molecule is CCOc1ccc(C2C(=C(O)c3ccc4c(c3)OCCO4)C(=O)C(=O)N2CCCN(CC)CC)cc1OCC. The first kappa shape index (κ1) is 28.3. The molecule has 0 saturated carbocycles. The van der Waals surface area contributed by atoms with E-state index in [1.807, 2.05) is 19.9 Å². The number of rotatable bonds is 12. The number of hydrogen-bond acceptors (Lipinski definition) is 8. The molecule has 9 heteroatoms. The molecule has 39 heavy (non-hydrogen) atoms. The number of carbonyl (C=O) groups excluding carboxylic acids is 2. The quantitative estimate of drug-likeness (QED) is 0.241. The Morgan fingerprint density at radius 2 is 1.64 bits per heavy atom. The molecule has 0 bridgehead atoms. The number of aliphatic hydroxyl groups is 1. The van der Waals surface area contributed by atoms with Crippen LogP contribution in [0.5, 0.6) is 23.0 Å². The fraction of sp³-hybridized carbons (Fsp3) is 0.467. The van der Waals surface area contributed by atoms with E-state index in [0.717, 1.165) is 19.6 Å². The number of nitrogens with zero attached hydrogens (tertiary/aromatic N) is 2. The van der Waals surface area contributed by atoms with Gasteiger partial charge in [-0.25, -0.2) is 0 Å². The lowest BCUT2D eigenvalue weighted by atomic mass is 9.94. The van der Waals surface area contributed by atoms with Crippen LogP contribution in [0.25, 0.3) is 5.76 Å². The van der Waals surface area contributed by atoms with Crippen LogP contribution in [0.1, 0.15) is 51.3 Å². The largest absolute Gasteiger partial charge is 0.507 e. The highest BCUT2D eigenvalue weighted by atomic mass is 16.6. The molecule has 0 radical (unpaired) electrons. The van der Waals surface area contributed by atoms with Crippen LogP contribution in [0.15, 0.2) is 42.0 Å². The molecular formula is C30H38N2O7. The van der Waals surface area contributed by atoms with Gasteiger partial charge >= 0.3 is 0 Å². The van der Waals surface area contributed by atoms with E-state index in [1.165, 1.54) is 0 Å². The average Bonchev–Trinajstić information content (AvgIpc) is 3.21. The van der Waals surface area contributed by atoms with Gasteiger partial charge in [-0.1, -0.05) is 19.9 Å². The third-order valence-corrected chi connectivity index (χ3v) is 7.01. The molecule has 2 aromatic carbocycles. The van der Waals surface area contributed by atoms with Crippen LogP contribution in [0.4, 0.5) is 0 Å². The van der Waals surface area contributed by atoms with Gasteiger partial charge in [0.05, 0.1) is 24.8 Å². The zero-order valence-corrected chi connectivity index (χ0v) is 23.2. The number of carbonyl (C=O) groups is 2. The van der Waals surface area contributed by atoms with Crippen molar-refractivity contribution in [2.24, 2.45) is 0 Å². The van der Waals surface area contributed by atoms with Crippen molar-refractivity contribution >= 4 is 17.4 Å². The molecule has 1 atom stereocenters. The van der Waals surface area contributed by atoms with Gasteiger partial charge in [0, 0.05) is 12.1 Å². The Morgan fingerprint density at radius 1 is 0.949 bits per heavy atom. The molecule has 2 aliphatic heterocycles. The maximum absolute atomic E-state index is 13.5. The van der Waals surface area contributed by atoms with E-state index >= 15 is 0 Å². The molecule has 0 spiro atoms. The van der Waals surface area contributed by atoms with Gasteiger partial charge in [0.25, 0.3) is 11.7 Å². The molecule has 1 unspecified atom stereocenters. The van der Waals surface area contributed by atoms with Gasteiger partial charge in [-0.15, -0.1) is 0 Å². The summed E-state index contributed by atoms with van der Waals surface area (Å²) in [6, 6.07) is 9.60. The first-order valence-electron chi connectivity index (χ1n) is 13.7. The first-order valence-corrected chi connectivity index (χ1v) is 13.7. The molecular weight excluding hydrogens is 500 g/mol. The summed E-state index contributed by atoms with van der Waals surface area (Å²) in [6.45, 7) is 12.6. The van der Waals surface area contributed by atoms with Crippen molar-refractivity contribution in [1.82, 2.24) is 9.80 Å². The minimum Gasteiger partial charge on any atom is -0.507 e. The van der Waals surface area contributed by atoms with E-state index in [9.17, 15) is 14.7 Å². The lowest BCUT2D eigenvalue weighted by Crippen LogP contribution is -2.33. The summed E-state index contributed by atoms with van der Waals surface area (Å²) in [5.41, 5.74) is 1.07. The lowest BCUT2D eigenvalue weighted by Gasteiger charge is -2.27. The van der Waals surface area contributed by atoms with Gasteiger partial charge < -0.3 is 33.9 Å². The van der Waals surface area contributed by atoms with Crippen molar-refractivity contribution in [3.63, 3.8) is 0 Å². The topological polar surface area (TPSA) is 97.8 Å². The van der Waals surface area contributed by atoms with Gasteiger partial charge in [0.1, 0.15) is 19.0 Å². The number of hydrogen-bond donors (Lipinski definition) is 1. The molecule has 1 N–H and O–H groups in total. The zero-order chi connectivity index (χ0) is 27.9. The van der Waals surface area contributed by atoms with Crippen molar-refractivity contribution in [3.05, 3.63) is 53.1 Å². The highest BCUT2D eigenvalue weighted by molar-refractivity contribution is 6.46. The second-order valence-electron chi connectivity index (χ2n) is 9.30. The van der Waals surface area contributed by atoms with E-state index in [1.54, 1.807) is 35.2 Å². The van der Waals surface area contributed by atoms with Crippen LogP contribution in [0.3, 0.4) is 0 Å². The molecule has 2 aromatic rings. The van der Waals surface area contributed by atoms with Crippen LogP contribution < -0.4 is 18.9 Å². The highest BCUT2D eigenvalue weighted by Crippen LogP contribution is 2.43. The minimum absolute atomic E-state index is 0.0334. The average molecular weight is 539 g/mol. The Balaban J connectivity index is 1.79. The minimum atomic E-state index is -0.787. The number of Topliss-reactive ketones (excluding diaryl/α,β-unsaturated/α-hetero) is 1. The first-order chi connectivity index (χ1) is 18.9. The number of benzene rings is 2. The monoisotopic (exact) mass is 538 g/mol. The molecule has 2 heterocycles. The Kier molecular flexibility index (Phi) is 9.35.